The van der Waals surface area contributed by atoms with Crippen LogP contribution in [0.4, 0.5) is 5.82 Å². The second kappa shape index (κ2) is 12.5. The molecule has 9 heteroatoms. The number of aliphatic carboxylic acids is 1. The number of anilines is 1. The van der Waals surface area contributed by atoms with E-state index in [9.17, 15) is 19.5 Å². The first kappa shape index (κ1) is 26.9. The van der Waals surface area contributed by atoms with Crippen molar-refractivity contribution in [1.82, 2.24) is 20.5 Å². The Balaban J connectivity index is 1.05. The molecule has 4 fully saturated rings. The molecule has 4 N–H and O–H groups in total. The Morgan fingerprint density at radius 1 is 1.11 bits per heavy atom. The van der Waals surface area contributed by atoms with Gasteiger partial charge in [-0.15, -0.1) is 0 Å². The zero-order valence-corrected chi connectivity index (χ0v) is 22.4. The summed E-state index contributed by atoms with van der Waals surface area (Å²) in [6.07, 6.45) is 11.3. The van der Waals surface area contributed by atoms with Crippen molar-refractivity contribution in [3.63, 3.8) is 0 Å². The first-order valence-electron chi connectivity index (χ1n) is 14.7. The minimum Gasteiger partial charge on any atom is -0.480 e. The van der Waals surface area contributed by atoms with Gasteiger partial charge in [0.15, 0.2) is 0 Å². The molecule has 2 aliphatic heterocycles. The van der Waals surface area contributed by atoms with E-state index in [-0.39, 0.29) is 30.2 Å². The Kier molecular flexibility index (Phi) is 8.82. The smallest absolute Gasteiger partial charge is 0.328 e. The number of nitrogens with zero attached hydrogens (tertiary/aromatic N) is 2. The zero-order valence-electron chi connectivity index (χ0n) is 22.4. The maximum atomic E-state index is 12.9. The summed E-state index contributed by atoms with van der Waals surface area (Å²) in [6, 6.07) is 3.23. The first-order chi connectivity index (χ1) is 18.5. The molecule has 2 amide bonds. The molecule has 6 rings (SSSR count). The molecule has 1 saturated heterocycles. The molecule has 2 bridgehead atoms. The monoisotopic (exact) mass is 525 g/mol. The van der Waals surface area contributed by atoms with Gasteiger partial charge in [-0.05, 0) is 94.3 Å². The Labute approximate surface area is 225 Å². The molecule has 3 heterocycles. The van der Waals surface area contributed by atoms with Crippen LogP contribution in [0, 0.1) is 23.7 Å². The third-order valence-corrected chi connectivity index (χ3v) is 9.21. The fraction of sp³-hybridized carbons (Fsp3) is 0.724. The quantitative estimate of drug-likeness (QED) is 0.370. The molecule has 1 aromatic rings. The molecular formula is C29H43N5O4. The van der Waals surface area contributed by atoms with Crippen LogP contribution in [0.3, 0.4) is 0 Å². The molecule has 3 aliphatic carbocycles. The molecule has 3 saturated carbocycles. The van der Waals surface area contributed by atoms with Gasteiger partial charge in [0.1, 0.15) is 11.9 Å². The van der Waals surface area contributed by atoms with Gasteiger partial charge in [-0.25, -0.2) is 9.78 Å². The fourth-order valence-electron chi connectivity index (χ4n) is 6.99. The molecule has 1 aromatic heterocycles. The van der Waals surface area contributed by atoms with E-state index in [4.69, 9.17) is 4.98 Å². The maximum Gasteiger partial charge on any atom is 0.328 e. The van der Waals surface area contributed by atoms with Crippen LogP contribution in [0.2, 0.25) is 0 Å². The number of carboxylic acids is 1. The number of hydrogen-bond acceptors (Lipinski definition) is 6. The molecule has 9 nitrogen and oxygen atoms in total. The Morgan fingerprint density at radius 2 is 1.95 bits per heavy atom. The number of carboxylic acid groups (broad SMARTS) is 1. The summed E-state index contributed by atoms with van der Waals surface area (Å²) < 4.78 is 0. The first-order valence-corrected chi connectivity index (χ1v) is 14.7. The van der Waals surface area contributed by atoms with Gasteiger partial charge in [0.05, 0.1) is 5.92 Å². The summed E-state index contributed by atoms with van der Waals surface area (Å²) in [6.45, 7) is 3.48. The van der Waals surface area contributed by atoms with Crippen LogP contribution in [0.1, 0.15) is 69.0 Å². The standard InChI is InChI=1S/C29H43N5O4/c35-27(31-17-25(29(37)38)33-28(36)24-16-19-7-9-20(24)10-8-19)22-5-2-14-34(18-22)15-3-6-23-12-11-21-4-1-13-30-26(21)32-23/h11-12,19-20,22,24-25H,1-10,13-18H2,(H,30,32)(H,31,35)(H,33,36)(H,37,38)/t19?,20?,22-,24+,25+/m1/s1. The zero-order chi connectivity index (χ0) is 26.5. The summed E-state index contributed by atoms with van der Waals surface area (Å²) in [7, 11) is 0. The molecule has 0 spiro atoms. The highest BCUT2D eigenvalue weighted by Crippen LogP contribution is 2.45. The lowest BCUT2D eigenvalue weighted by Gasteiger charge is -2.41. The van der Waals surface area contributed by atoms with Gasteiger partial charge in [0, 0.05) is 31.2 Å². The molecule has 0 radical (unpaired) electrons. The van der Waals surface area contributed by atoms with Gasteiger partial charge in [-0.2, -0.15) is 0 Å². The third-order valence-electron chi connectivity index (χ3n) is 9.21. The summed E-state index contributed by atoms with van der Waals surface area (Å²) >= 11 is 0. The molecule has 0 aromatic carbocycles. The summed E-state index contributed by atoms with van der Waals surface area (Å²) in [5.41, 5.74) is 2.41. The van der Waals surface area contributed by atoms with E-state index < -0.39 is 12.0 Å². The number of aryl methyl sites for hydroxylation is 2. The number of aromatic nitrogens is 1. The predicted octanol–water partition coefficient (Wildman–Crippen LogP) is 2.60. The fourth-order valence-corrected chi connectivity index (χ4v) is 6.99. The van der Waals surface area contributed by atoms with Crippen molar-refractivity contribution in [3.05, 3.63) is 23.4 Å². The predicted molar refractivity (Wildman–Crippen MR) is 145 cm³/mol. The molecule has 5 aliphatic rings. The van der Waals surface area contributed by atoms with Crippen molar-refractivity contribution < 1.29 is 19.5 Å². The van der Waals surface area contributed by atoms with Gasteiger partial charge < -0.3 is 26.0 Å². The van der Waals surface area contributed by atoms with Gasteiger partial charge in [-0.1, -0.05) is 18.9 Å². The largest absolute Gasteiger partial charge is 0.480 e. The third kappa shape index (κ3) is 6.65. The average molecular weight is 526 g/mol. The van der Waals surface area contributed by atoms with Gasteiger partial charge in [-0.3, -0.25) is 9.59 Å². The highest BCUT2D eigenvalue weighted by molar-refractivity contribution is 5.86. The summed E-state index contributed by atoms with van der Waals surface area (Å²) in [5, 5.41) is 18.6. The normalized spacial score (nSPS) is 27.6. The highest BCUT2D eigenvalue weighted by atomic mass is 16.4. The van der Waals surface area contributed by atoms with E-state index in [1.807, 2.05) is 0 Å². The summed E-state index contributed by atoms with van der Waals surface area (Å²) in [5.74, 6) is 0.384. The summed E-state index contributed by atoms with van der Waals surface area (Å²) in [4.78, 5) is 44.8. The lowest BCUT2D eigenvalue weighted by Crippen LogP contribution is -2.53. The minimum absolute atomic E-state index is 0.0742. The van der Waals surface area contributed by atoms with Crippen LogP contribution in [0.5, 0.6) is 0 Å². The van der Waals surface area contributed by atoms with E-state index in [2.05, 4.69) is 33.0 Å². The Hall–Kier alpha value is -2.68. The number of nitrogens with one attached hydrogen (secondary N) is 3. The van der Waals surface area contributed by atoms with E-state index in [0.717, 1.165) is 88.9 Å². The van der Waals surface area contributed by atoms with E-state index in [0.29, 0.717) is 18.4 Å². The van der Waals surface area contributed by atoms with Crippen molar-refractivity contribution in [2.75, 3.05) is 38.0 Å². The van der Waals surface area contributed by atoms with Crippen molar-refractivity contribution in [1.29, 1.82) is 0 Å². The number of fused-ring (bicyclic) bond motifs is 4. The number of amides is 2. The number of piperidine rings is 1. The SMILES string of the molecule is O=C(NC[C@H](NC(=O)[C@H]1CC2CCC1CC2)C(=O)O)[C@@H]1CCCN(CCCc2ccc3c(n2)NCCC3)C1. The van der Waals surface area contributed by atoms with Crippen LogP contribution in [0.25, 0.3) is 0 Å². The minimum atomic E-state index is -1.10. The van der Waals surface area contributed by atoms with Crippen LogP contribution in [0.15, 0.2) is 12.1 Å². The Bertz CT molecular complexity index is 1010. The molecule has 208 valence electrons. The van der Waals surface area contributed by atoms with Gasteiger partial charge in [0.2, 0.25) is 11.8 Å². The van der Waals surface area contributed by atoms with Crippen molar-refractivity contribution in [2.24, 2.45) is 23.7 Å². The maximum absolute atomic E-state index is 12.9. The number of carbonyl (C=O) groups excluding carboxylic acids is 2. The lowest BCUT2D eigenvalue weighted by atomic mass is 9.64. The molecule has 0 unspecified atom stereocenters. The average Bonchev–Trinajstić information content (AvgIpc) is 2.95. The van der Waals surface area contributed by atoms with E-state index in [1.54, 1.807) is 0 Å². The van der Waals surface area contributed by atoms with Crippen molar-refractivity contribution in [3.8, 4) is 0 Å². The number of hydrogen-bond donors (Lipinski definition) is 4. The van der Waals surface area contributed by atoms with Crippen LogP contribution >= 0.6 is 0 Å². The van der Waals surface area contributed by atoms with Crippen molar-refractivity contribution >= 4 is 23.6 Å². The molecule has 38 heavy (non-hydrogen) atoms. The topological polar surface area (TPSA) is 124 Å². The van der Waals surface area contributed by atoms with Crippen LogP contribution < -0.4 is 16.0 Å². The molecule has 3 atom stereocenters. The second-order valence-electron chi connectivity index (χ2n) is 11.9. The highest BCUT2D eigenvalue weighted by Gasteiger charge is 2.40. The van der Waals surface area contributed by atoms with Crippen molar-refractivity contribution in [2.45, 2.75) is 76.7 Å². The number of rotatable bonds is 10. The molecular weight excluding hydrogens is 482 g/mol. The Morgan fingerprint density at radius 3 is 2.71 bits per heavy atom. The van der Waals surface area contributed by atoms with Gasteiger partial charge in [0.25, 0.3) is 0 Å². The lowest BCUT2D eigenvalue weighted by molar-refractivity contribution is -0.143. The van der Waals surface area contributed by atoms with E-state index >= 15 is 0 Å². The number of likely N-dealkylation sites (tertiary alicyclic amines) is 1. The van der Waals surface area contributed by atoms with Crippen LogP contribution in [-0.4, -0.2) is 71.5 Å². The number of carbonyl (C=O) groups is 3. The van der Waals surface area contributed by atoms with Gasteiger partial charge >= 0.3 is 5.97 Å². The number of pyridine rings is 1. The second-order valence-corrected chi connectivity index (χ2v) is 11.9. The van der Waals surface area contributed by atoms with E-state index in [1.165, 1.54) is 18.4 Å². The van der Waals surface area contributed by atoms with Crippen LogP contribution in [-0.2, 0) is 27.2 Å².